The minimum absolute atomic E-state index is 0.0248. The summed E-state index contributed by atoms with van der Waals surface area (Å²) in [6.45, 7) is 6.93. The number of imide groups is 1. The average Bonchev–Trinajstić information content (AvgIpc) is 3.25. The first-order valence-electron chi connectivity index (χ1n) is 14.1. The highest BCUT2D eigenvalue weighted by atomic mass is 19.1. The van der Waals surface area contributed by atoms with E-state index in [9.17, 15) is 23.9 Å². The maximum absolute atomic E-state index is 14.0. The number of benzene rings is 2. The van der Waals surface area contributed by atoms with Gasteiger partial charge >= 0.3 is 6.03 Å². The normalized spacial score (nSPS) is 19.2. The summed E-state index contributed by atoms with van der Waals surface area (Å²) >= 11 is 0. The second kappa shape index (κ2) is 11.2. The topological polar surface area (TPSA) is 110 Å². The molecule has 0 atom stereocenters. The van der Waals surface area contributed by atoms with E-state index in [-0.39, 0.29) is 42.0 Å². The van der Waals surface area contributed by atoms with E-state index in [0.29, 0.717) is 70.7 Å². The van der Waals surface area contributed by atoms with Crippen molar-refractivity contribution in [3.63, 3.8) is 0 Å². The molecule has 3 aromatic rings. The van der Waals surface area contributed by atoms with Crippen molar-refractivity contribution in [1.82, 2.24) is 14.8 Å². The van der Waals surface area contributed by atoms with Crippen LogP contribution >= 0.6 is 0 Å². The van der Waals surface area contributed by atoms with Crippen molar-refractivity contribution in [2.45, 2.75) is 71.1 Å². The molecule has 2 fully saturated rings. The highest BCUT2D eigenvalue weighted by Gasteiger charge is 2.37. The van der Waals surface area contributed by atoms with Crippen LogP contribution in [0.1, 0.15) is 56.2 Å². The van der Waals surface area contributed by atoms with Crippen LogP contribution < -0.4 is 20.3 Å². The quantitative estimate of drug-likeness (QED) is 0.380. The van der Waals surface area contributed by atoms with Crippen LogP contribution in [0, 0.1) is 19.7 Å². The Labute approximate surface area is 243 Å². The Morgan fingerprint density at radius 3 is 2.21 bits per heavy atom. The molecule has 1 aromatic heterocycles. The monoisotopic (exact) mass is 577 g/mol. The third kappa shape index (κ3) is 5.90. The maximum Gasteiger partial charge on any atom is 0.324 e. The van der Waals surface area contributed by atoms with Gasteiger partial charge in [0.25, 0.3) is 5.56 Å². The number of aliphatic hydroxyl groups is 1. The number of pyridine rings is 1. The van der Waals surface area contributed by atoms with Gasteiger partial charge in [0.15, 0.2) is 0 Å². The van der Waals surface area contributed by atoms with E-state index in [4.69, 9.17) is 9.47 Å². The van der Waals surface area contributed by atoms with Crippen LogP contribution in [0.3, 0.4) is 0 Å². The molecular formula is C32H36FN3O6. The molecule has 0 spiro atoms. The van der Waals surface area contributed by atoms with Crippen molar-refractivity contribution in [2.75, 3.05) is 6.54 Å². The number of aromatic nitrogens is 1. The number of nitrogens with one attached hydrogen (secondary N) is 1. The average molecular weight is 578 g/mol. The summed E-state index contributed by atoms with van der Waals surface area (Å²) in [4.78, 5) is 38.4. The number of urea groups is 1. The molecule has 1 saturated carbocycles. The second-order valence-corrected chi connectivity index (χ2v) is 11.7. The van der Waals surface area contributed by atoms with Gasteiger partial charge in [-0.3, -0.25) is 14.5 Å². The number of carbonyl (C=O) groups excluding carboxylic acids is 2. The summed E-state index contributed by atoms with van der Waals surface area (Å²) in [6.07, 6.45) is 3.81. The number of nitrogens with zero attached hydrogens (tertiary/aromatic N) is 2. The van der Waals surface area contributed by atoms with E-state index < -0.39 is 5.60 Å². The molecule has 222 valence electrons. The second-order valence-electron chi connectivity index (χ2n) is 11.7. The van der Waals surface area contributed by atoms with Gasteiger partial charge in [-0.15, -0.1) is 0 Å². The van der Waals surface area contributed by atoms with Gasteiger partial charge in [0.1, 0.15) is 23.1 Å². The van der Waals surface area contributed by atoms with Crippen molar-refractivity contribution in [3.05, 3.63) is 75.5 Å². The van der Waals surface area contributed by atoms with Crippen LogP contribution in [0.4, 0.5) is 9.18 Å². The van der Waals surface area contributed by atoms with Crippen LogP contribution in [-0.2, 0) is 17.4 Å². The van der Waals surface area contributed by atoms with Crippen LogP contribution in [-0.4, -0.2) is 45.2 Å². The maximum atomic E-state index is 14.0. The largest absolute Gasteiger partial charge is 0.490 e. The molecular weight excluding hydrogens is 541 g/mol. The third-order valence-corrected chi connectivity index (χ3v) is 7.98. The van der Waals surface area contributed by atoms with Crippen molar-refractivity contribution >= 4 is 11.9 Å². The van der Waals surface area contributed by atoms with Gasteiger partial charge in [-0.25, -0.2) is 9.18 Å². The Morgan fingerprint density at radius 1 is 0.952 bits per heavy atom. The molecule has 1 aliphatic carbocycles. The molecule has 1 saturated heterocycles. The fourth-order valence-electron chi connectivity index (χ4n) is 5.70. The molecule has 3 amide bonds. The number of rotatable bonds is 7. The molecule has 10 heteroatoms. The number of aryl methyl sites for hydroxylation is 3. The summed E-state index contributed by atoms with van der Waals surface area (Å²) in [5, 5.41) is 13.4. The Balaban J connectivity index is 1.51. The zero-order valence-corrected chi connectivity index (χ0v) is 24.5. The minimum Gasteiger partial charge on any atom is -0.490 e. The van der Waals surface area contributed by atoms with Crippen LogP contribution in [0.2, 0.25) is 0 Å². The molecule has 2 aliphatic rings. The van der Waals surface area contributed by atoms with Gasteiger partial charge < -0.3 is 24.5 Å². The van der Waals surface area contributed by atoms with Crippen molar-refractivity contribution < 1.29 is 28.6 Å². The zero-order valence-electron chi connectivity index (χ0n) is 24.5. The fourth-order valence-corrected chi connectivity index (χ4v) is 5.70. The molecule has 42 heavy (non-hydrogen) atoms. The van der Waals surface area contributed by atoms with Gasteiger partial charge in [0.05, 0.1) is 18.2 Å². The van der Waals surface area contributed by atoms with E-state index in [0.717, 1.165) is 0 Å². The van der Waals surface area contributed by atoms with Crippen LogP contribution in [0.15, 0.2) is 47.4 Å². The molecule has 9 nitrogen and oxygen atoms in total. The van der Waals surface area contributed by atoms with E-state index in [1.54, 1.807) is 53.1 Å². The molecule has 2 heterocycles. The number of carbonyl (C=O) groups is 2. The van der Waals surface area contributed by atoms with E-state index in [2.05, 4.69) is 5.32 Å². The smallest absolute Gasteiger partial charge is 0.324 e. The number of halogens is 1. The van der Waals surface area contributed by atoms with Crippen LogP contribution in [0.5, 0.6) is 17.2 Å². The number of hydrogen-bond donors (Lipinski definition) is 2. The third-order valence-electron chi connectivity index (χ3n) is 7.98. The number of ether oxygens (including phenoxy) is 2. The van der Waals surface area contributed by atoms with Gasteiger partial charge in [-0.1, -0.05) is 6.07 Å². The molecule has 2 N–H and O–H groups in total. The molecule has 0 radical (unpaired) electrons. The Morgan fingerprint density at radius 2 is 1.62 bits per heavy atom. The van der Waals surface area contributed by atoms with Gasteiger partial charge in [-0.2, -0.15) is 0 Å². The molecule has 0 unspecified atom stereocenters. The SMILES string of the molecule is Cc1cc(F)cc(C)c1Oc1ccc(C(C)(C)O)cc1-c1cn(C)c(=O)cc1O[C@H]1CC[C@H](N2C(=O)CNC2=O)CC1. The number of amides is 3. The predicted molar refractivity (Wildman–Crippen MR) is 155 cm³/mol. The summed E-state index contributed by atoms with van der Waals surface area (Å²) < 4.78 is 28.3. The molecule has 1 aliphatic heterocycles. The first kappa shape index (κ1) is 29.3. The first-order valence-corrected chi connectivity index (χ1v) is 14.1. The Bertz CT molecular complexity index is 1560. The van der Waals surface area contributed by atoms with Gasteiger partial charge in [-0.05, 0) is 94.3 Å². The summed E-state index contributed by atoms with van der Waals surface area (Å²) in [5.74, 6) is 0.755. The molecule has 5 rings (SSSR count). The Hall–Kier alpha value is -4.18. The fraction of sp³-hybridized carbons (Fsp3) is 0.406. The Kier molecular flexibility index (Phi) is 7.85. The summed E-state index contributed by atoms with van der Waals surface area (Å²) in [5.41, 5.74) is 1.66. The van der Waals surface area contributed by atoms with Crippen molar-refractivity contribution in [2.24, 2.45) is 7.05 Å². The van der Waals surface area contributed by atoms with E-state index in [1.807, 2.05) is 6.07 Å². The summed E-state index contributed by atoms with van der Waals surface area (Å²) in [6, 6.07) is 9.04. The first-order chi connectivity index (χ1) is 19.8. The van der Waals surface area contributed by atoms with Crippen molar-refractivity contribution in [1.29, 1.82) is 0 Å². The minimum atomic E-state index is -1.16. The lowest BCUT2D eigenvalue weighted by Gasteiger charge is -2.33. The lowest BCUT2D eigenvalue weighted by Crippen LogP contribution is -2.44. The molecule has 0 bridgehead atoms. The molecule has 2 aromatic carbocycles. The standard InChI is InChI=1S/C32H36FN3O6/c1-18-12-21(33)13-19(2)30(18)42-26-11-6-20(32(3,4)40)14-24(26)25-17-35(5)28(37)15-27(25)41-23-9-7-22(8-10-23)36-29(38)16-34-31(36)39/h6,11-15,17,22-23,40H,7-10,16H2,1-5H3,(H,34,39)/t22-,23-. The van der Waals surface area contributed by atoms with E-state index >= 15 is 0 Å². The lowest BCUT2D eigenvalue weighted by atomic mass is 9.91. The van der Waals surface area contributed by atoms with E-state index in [1.165, 1.54) is 27.7 Å². The lowest BCUT2D eigenvalue weighted by molar-refractivity contribution is -0.127. The predicted octanol–water partition coefficient (Wildman–Crippen LogP) is 5.07. The highest BCUT2D eigenvalue weighted by molar-refractivity contribution is 6.02. The van der Waals surface area contributed by atoms with Crippen LogP contribution in [0.25, 0.3) is 11.1 Å². The number of hydrogen-bond acceptors (Lipinski definition) is 6. The zero-order chi connectivity index (χ0) is 30.3. The summed E-state index contributed by atoms with van der Waals surface area (Å²) in [7, 11) is 1.65. The van der Waals surface area contributed by atoms with Gasteiger partial charge in [0, 0.05) is 36.5 Å². The van der Waals surface area contributed by atoms with Gasteiger partial charge in [0.2, 0.25) is 5.91 Å². The van der Waals surface area contributed by atoms with Crippen molar-refractivity contribution in [3.8, 4) is 28.4 Å². The highest BCUT2D eigenvalue weighted by Crippen LogP contribution is 2.42.